The molecule has 1 nitrogen and oxygen atoms in total. The Morgan fingerprint density at radius 1 is 0.765 bits per heavy atom. The van der Waals surface area contributed by atoms with Crippen LogP contribution in [0, 0.1) is 0 Å². The standard InChI is InChI=1S/C14H22O.2Li.2H/c1-13(2,3)10-8-7-9-11(12(10)15)14(4,5)6;;;;/h7-9,15H,1-6H3;;;;. The second kappa shape index (κ2) is 6.40. The zero-order chi connectivity index (χ0) is 11.9. The van der Waals surface area contributed by atoms with E-state index in [4.69, 9.17) is 0 Å². The van der Waals surface area contributed by atoms with E-state index in [2.05, 4.69) is 41.5 Å². The van der Waals surface area contributed by atoms with Crippen molar-refractivity contribution in [1.82, 2.24) is 0 Å². The summed E-state index contributed by atoms with van der Waals surface area (Å²) in [7, 11) is 0. The van der Waals surface area contributed by atoms with E-state index < -0.39 is 0 Å². The predicted molar refractivity (Wildman–Crippen MR) is 79.8 cm³/mol. The van der Waals surface area contributed by atoms with Gasteiger partial charge in [-0.1, -0.05) is 59.7 Å². The number of phenolic OH excluding ortho intramolecular Hbond substituents is 1. The van der Waals surface area contributed by atoms with Crippen LogP contribution in [0.1, 0.15) is 52.7 Å². The molecule has 0 radical (unpaired) electrons. The van der Waals surface area contributed by atoms with E-state index in [0.29, 0.717) is 5.75 Å². The maximum atomic E-state index is 10.3. The first-order chi connectivity index (χ1) is 6.64. The van der Waals surface area contributed by atoms with Crippen molar-refractivity contribution in [2.75, 3.05) is 0 Å². The van der Waals surface area contributed by atoms with E-state index in [0.717, 1.165) is 11.1 Å². The maximum absolute atomic E-state index is 10.3. The van der Waals surface area contributed by atoms with Gasteiger partial charge in [-0.2, -0.15) is 0 Å². The number of para-hydroxylation sites is 1. The molecular formula is C14H24Li2O. The van der Waals surface area contributed by atoms with Crippen molar-refractivity contribution in [3.8, 4) is 5.75 Å². The van der Waals surface area contributed by atoms with Crippen LogP contribution in [-0.2, 0) is 10.8 Å². The fourth-order valence-corrected chi connectivity index (χ4v) is 1.75. The molecule has 0 bridgehead atoms. The van der Waals surface area contributed by atoms with Crippen LogP contribution in [0.4, 0.5) is 0 Å². The molecule has 0 spiro atoms. The monoisotopic (exact) mass is 222 g/mol. The number of hydrogen-bond donors (Lipinski definition) is 1. The third-order valence-corrected chi connectivity index (χ3v) is 2.65. The van der Waals surface area contributed by atoms with Crippen LogP contribution in [0.15, 0.2) is 18.2 Å². The molecule has 0 saturated heterocycles. The van der Waals surface area contributed by atoms with Crippen molar-refractivity contribution >= 4 is 37.7 Å². The Bertz CT molecular complexity index is 327. The van der Waals surface area contributed by atoms with Gasteiger partial charge in [0, 0.05) is 0 Å². The molecule has 0 fully saturated rings. The van der Waals surface area contributed by atoms with Gasteiger partial charge >= 0.3 is 37.7 Å². The summed E-state index contributed by atoms with van der Waals surface area (Å²) in [5.41, 5.74) is 2.03. The van der Waals surface area contributed by atoms with E-state index in [1.54, 1.807) is 0 Å². The van der Waals surface area contributed by atoms with Gasteiger partial charge in [-0.25, -0.2) is 0 Å². The molecule has 1 aromatic rings. The molecule has 0 unspecified atom stereocenters. The average molecular weight is 222 g/mol. The van der Waals surface area contributed by atoms with Crippen LogP contribution in [-0.4, -0.2) is 42.8 Å². The first-order valence-corrected chi connectivity index (χ1v) is 5.47. The quantitative estimate of drug-likeness (QED) is 0.669. The van der Waals surface area contributed by atoms with E-state index in [-0.39, 0.29) is 48.6 Å². The van der Waals surface area contributed by atoms with Gasteiger partial charge in [0.2, 0.25) is 0 Å². The normalized spacial score (nSPS) is 11.4. The summed E-state index contributed by atoms with van der Waals surface area (Å²) in [5, 5.41) is 10.3. The molecule has 0 aliphatic heterocycles. The molecule has 17 heavy (non-hydrogen) atoms. The van der Waals surface area contributed by atoms with E-state index >= 15 is 0 Å². The van der Waals surface area contributed by atoms with E-state index in [1.165, 1.54) is 0 Å². The van der Waals surface area contributed by atoms with Crippen molar-refractivity contribution in [2.24, 2.45) is 0 Å². The van der Waals surface area contributed by atoms with Crippen LogP contribution in [0.2, 0.25) is 0 Å². The molecule has 3 heteroatoms. The second-order valence-corrected chi connectivity index (χ2v) is 6.20. The van der Waals surface area contributed by atoms with Gasteiger partial charge in [-0.3, -0.25) is 0 Å². The van der Waals surface area contributed by atoms with Crippen LogP contribution < -0.4 is 0 Å². The minimum atomic E-state index is -0.00859. The molecule has 0 aliphatic carbocycles. The van der Waals surface area contributed by atoms with Crippen LogP contribution in [0.25, 0.3) is 0 Å². The molecule has 1 rings (SSSR count). The molecule has 0 atom stereocenters. The fourth-order valence-electron chi connectivity index (χ4n) is 1.75. The van der Waals surface area contributed by atoms with E-state index in [9.17, 15) is 5.11 Å². The van der Waals surface area contributed by atoms with Gasteiger partial charge in [0.15, 0.2) is 0 Å². The Labute approximate surface area is 130 Å². The molecule has 0 saturated carbocycles. The second-order valence-electron chi connectivity index (χ2n) is 6.20. The summed E-state index contributed by atoms with van der Waals surface area (Å²) >= 11 is 0. The van der Waals surface area contributed by atoms with Gasteiger partial charge in [0.1, 0.15) is 5.75 Å². The predicted octanol–water partition coefficient (Wildman–Crippen LogP) is 2.69. The minimum absolute atomic E-state index is 0. The Morgan fingerprint density at radius 3 is 1.29 bits per heavy atom. The van der Waals surface area contributed by atoms with Crippen molar-refractivity contribution in [2.45, 2.75) is 52.4 Å². The van der Waals surface area contributed by atoms with Crippen LogP contribution >= 0.6 is 0 Å². The summed E-state index contributed by atoms with van der Waals surface area (Å²) in [5.74, 6) is 0.456. The molecule has 88 valence electrons. The number of hydrogen-bond acceptors (Lipinski definition) is 1. The Hall–Kier alpha value is 0.215. The summed E-state index contributed by atoms with van der Waals surface area (Å²) in [6, 6.07) is 6.04. The topological polar surface area (TPSA) is 20.2 Å². The van der Waals surface area contributed by atoms with Gasteiger partial charge < -0.3 is 5.11 Å². The third-order valence-electron chi connectivity index (χ3n) is 2.65. The molecule has 0 aliphatic rings. The van der Waals surface area contributed by atoms with E-state index in [1.807, 2.05) is 18.2 Å². The van der Waals surface area contributed by atoms with Crippen molar-refractivity contribution in [1.29, 1.82) is 0 Å². The molecule has 0 heterocycles. The third kappa shape index (κ3) is 4.77. The first kappa shape index (κ1) is 19.6. The number of rotatable bonds is 0. The summed E-state index contributed by atoms with van der Waals surface area (Å²) in [4.78, 5) is 0. The Balaban J connectivity index is 0. The molecule has 0 amide bonds. The zero-order valence-corrected chi connectivity index (χ0v) is 10.7. The van der Waals surface area contributed by atoms with Gasteiger partial charge in [-0.15, -0.1) is 0 Å². The SMILES string of the molecule is CC(C)(C)c1cccc(C(C)(C)C)c1O.[LiH].[LiH]. The molecule has 0 aromatic heterocycles. The van der Waals surface area contributed by atoms with Crippen molar-refractivity contribution < 1.29 is 5.11 Å². The number of aromatic hydroxyl groups is 1. The van der Waals surface area contributed by atoms with Gasteiger partial charge in [0.25, 0.3) is 0 Å². The summed E-state index contributed by atoms with van der Waals surface area (Å²) in [6.07, 6.45) is 0. The Morgan fingerprint density at radius 2 is 1.06 bits per heavy atom. The summed E-state index contributed by atoms with van der Waals surface area (Å²) in [6.45, 7) is 12.7. The number of benzene rings is 1. The first-order valence-electron chi connectivity index (χ1n) is 5.47. The van der Waals surface area contributed by atoms with Crippen LogP contribution in [0.3, 0.4) is 0 Å². The zero-order valence-electron chi connectivity index (χ0n) is 10.7. The summed E-state index contributed by atoms with van der Waals surface area (Å²) < 4.78 is 0. The molecule has 1 N–H and O–H groups in total. The number of phenols is 1. The van der Waals surface area contributed by atoms with Gasteiger partial charge in [-0.05, 0) is 22.0 Å². The molecular weight excluding hydrogens is 198 g/mol. The fraction of sp³-hybridized carbons (Fsp3) is 0.571. The van der Waals surface area contributed by atoms with Crippen LogP contribution in [0.5, 0.6) is 5.75 Å². The Kier molecular flexibility index (Phi) is 7.36. The average Bonchev–Trinajstić information content (AvgIpc) is 1.99. The van der Waals surface area contributed by atoms with Gasteiger partial charge in [0.05, 0.1) is 0 Å². The van der Waals surface area contributed by atoms with Crippen molar-refractivity contribution in [3.63, 3.8) is 0 Å². The molecule has 1 aromatic carbocycles. The van der Waals surface area contributed by atoms with Crippen molar-refractivity contribution in [3.05, 3.63) is 29.3 Å².